The Balaban J connectivity index is 1.21. The molecule has 0 atom stereocenters. The number of nitrogens with zero attached hydrogens (tertiary/aromatic N) is 5. The van der Waals surface area contributed by atoms with Crippen molar-refractivity contribution < 1.29 is 0 Å². The number of para-hydroxylation sites is 2. The summed E-state index contributed by atoms with van der Waals surface area (Å²) in [7, 11) is 0. The van der Waals surface area contributed by atoms with E-state index in [9.17, 15) is 0 Å². The molecule has 0 spiro atoms. The molecule has 3 aromatic heterocycles. The maximum Gasteiger partial charge on any atom is 0.164 e. The highest BCUT2D eigenvalue weighted by atomic mass is 15.0. The fraction of sp³-hybridized carbons (Fsp3) is 0.0667. The Morgan fingerprint density at radius 1 is 0.580 bits per heavy atom. The molecule has 0 N–H and O–H groups in total. The van der Waals surface area contributed by atoms with Crippen LogP contribution < -0.4 is 0 Å². The number of hydrogen-bond acceptors (Lipinski definition) is 4. The predicted molar refractivity (Wildman–Crippen MR) is 208 cm³/mol. The normalized spacial score (nSPS) is 12.3. The molecule has 0 aliphatic heterocycles. The van der Waals surface area contributed by atoms with Gasteiger partial charge >= 0.3 is 0 Å². The second-order valence-corrected chi connectivity index (χ2v) is 12.5. The minimum Gasteiger partial charge on any atom is -0.292 e. The molecular formula is C45H33N5. The zero-order chi connectivity index (χ0) is 33.6. The van der Waals surface area contributed by atoms with Crippen molar-refractivity contribution in [2.75, 3.05) is 0 Å². The maximum atomic E-state index is 5.12. The van der Waals surface area contributed by atoms with Crippen molar-refractivity contribution in [2.24, 2.45) is 0 Å². The molecule has 0 saturated heterocycles. The maximum absolute atomic E-state index is 5.12. The summed E-state index contributed by atoms with van der Waals surface area (Å²) in [5.41, 5.74) is 9.38. The van der Waals surface area contributed by atoms with E-state index in [0.29, 0.717) is 17.5 Å². The summed E-state index contributed by atoms with van der Waals surface area (Å²) in [6.07, 6.45) is 7.13. The highest BCUT2D eigenvalue weighted by Crippen LogP contribution is 2.38. The number of fused-ring (bicyclic) bond motifs is 10. The van der Waals surface area contributed by atoms with Crippen molar-refractivity contribution >= 4 is 54.7 Å². The van der Waals surface area contributed by atoms with Crippen LogP contribution in [0.25, 0.3) is 88.6 Å². The van der Waals surface area contributed by atoms with Gasteiger partial charge in [0.1, 0.15) is 5.65 Å². The lowest BCUT2D eigenvalue weighted by molar-refractivity contribution is 1.03. The lowest BCUT2D eigenvalue weighted by Crippen LogP contribution is -2.02. The third-order valence-electron chi connectivity index (χ3n) is 9.41. The first-order chi connectivity index (χ1) is 24.7. The minimum absolute atomic E-state index is 0.650. The van der Waals surface area contributed by atoms with E-state index in [0.717, 1.165) is 61.8 Å². The fourth-order valence-electron chi connectivity index (χ4n) is 7.10. The molecule has 0 aliphatic rings. The largest absolute Gasteiger partial charge is 0.292 e. The number of imidazole rings is 1. The van der Waals surface area contributed by atoms with Gasteiger partial charge in [0.2, 0.25) is 0 Å². The number of benzene rings is 6. The molecule has 3 heterocycles. The third-order valence-corrected chi connectivity index (χ3v) is 9.41. The topological polar surface area (TPSA) is 56.0 Å². The summed E-state index contributed by atoms with van der Waals surface area (Å²) >= 11 is 0. The molecule has 0 saturated carbocycles. The first kappa shape index (κ1) is 29.7. The molecule has 6 aromatic carbocycles. The quantitative estimate of drug-likeness (QED) is 0.134. The van der Waals surface area contributed by atoms with Crippen LogP contribution in [-0.2, 0) is 0 Å². The van der Waals surface area contributed by atoms with Crippen LogP contribution >= 0.6 is 0 Å². The van der Waals surface area contributed by atoms with Crippen LogP contribution in [0.2, 0.25) is 0 Å². The van der Waals surface area contributed by atoms with E-state index >= 15 is 0 Å². The number of aromatic nitrogens is 5. The predicted octanol–water partition coefficient (Wildman–Crippen LogP) is 11.5. The number of hydrogen-bond donors (Lipinski definition) is 0. The molecule has 5 nitrogen and oxygen atoms in total. The van der Waals surface area contributed by atoms with Gasteiger partial charge in [-0.15, -0.1) is 0 Å². The number of allylic oxidation sites excluding steroid dienone is 4. The Morgan fingerprint density at radius 2 is 1.28 bits per heavy atom. The molecule has 9 rings (SSSR count). The van der Waals surface area contributed by atoms with Gasteiger partial charge in [-0.3, -0.25) is 4.40 Å². The molecule has 0 aliphatic carbocycles. The van der Waals surface area contributed by atoms with Gasteiger partial charge in [0.15, 0.2) is 17.5 Å². The van der Waals surface area contributed by atoms with E-state index in [1.54, 1.807) is 0 Å². The van der Waals surface area contributed by atoms with Crippen LogP contribution in [-0.4, -0.2) is 24.3 Å². The van der Waals surface area contributed by atoms with E-state index in [1.165, 1.54) is 21.5 Å². The van der Waals surface area contributed by atoms with Gasteiger partial charge in [0, 0.05) is 32.9 Å². The smallest absolute Gasteiger partial charge is 0.164 e. The summed E-state index contributed by atoms with van der Waals surface area (Å²) in [5.74, 6) is 1.98. The Kier molecular flexibility index (Phi) is 7.24. The lowest BCUT2D eigenvalue weighted by Gasteiger charge is -2.13. The van der Waals surface area contributed by atoms with Crippen molar-refractivity contribution in [3.8, 4) is 33.9 Å². The Labute approximate surface area is 290 Å². The first-order valence-electron chi connectivity index (χ1n) is 17.1. The summed E-state index contributed by atoms with van der Waals surface area (Å²) in [4.78, 5) is 19.9. The van der Waals surface area contributed by atoms with Gasteiger partial charge in [0.05, 0.1) is 16.6 Å². The Hall–Kier alpha value is -6.46. The second-order valence-electron chi connectivity index (χ2n) is 12.5. The molecular weight excluding hydrogens is 611 g/mol. The second kappa shape index (κ2) is 12.2. The van der Waals surface area contributed by atoms with Crippen LogP contribution in [0.3, 0.4) is 0 Å². The molecule has 0 amide bonds. The average Bonchev–Trinajstić information content (AvgIpc) is 3.58. The van der Waals surface area contributed by atoms with E-state index in [2.05, 4.69) is 127 Å². The third kappa shape index (κ3) is 4.94. The van der Waals surface area contributed by atoms with E-state index in [-0.39, 0.29) is 0 Å². The molecule has 238 valence electrons. The summed E-state index contributed by atoms with van der Waals surface area (Å²) in [6, 6.07) is 46.9. The SMILES string of the molecule is C/C=C\C(=C/CC)c1nc(-c2ccccc2)nc(-c2ccc(-c3ccc4c(c3)c3c5ccccc5ccc3c3nc5ccccc5n43)cc2)n1. The molecule has 0 unspecified atom stereocenters. The van der Waals surface area contributed by atoms with Gasteiger partial charge in [-0.2, -0.15) is 0 Å². The van der Waals surface area contributed by atoms with Gasteiger partial charge < -0.3 is 0 Å². The van der Waals surface area contributed by atoms with Crippen molar-refractivity contribution in [3.63, 3.8) is 0 Å². The minimum atomic E-state index is 0.650. The van der Waals surface area contributed by atoms with Gasteiger partial charge in [-0.05, 0) is 65.6 Å². The number of pyridine rings is 1. The van der Waals surface area contributed by atoms with Crippen LogP contribution in [0, 0.1) is 0 Å². The van der Waals surface area contributed by atoms with Crippen LogP contribution in [0.15, 0.2) is 152 Å². The Bertz CT molecular complexity index is 2790. The molecule has 0 bridgehead atoms. The zero-order valence-corrected chi connectivity index (χ0v) is 27.9. The van der Waals surface area contributed by atoms with E-state index in [1.807, 2.05) is 43.3 Å². The van der Waals surface area contributed by atoms with Gasteiger partial charge in [0.25, 0.3) is 0 Å². The van der Waals surface area contributed by atoms with Crippen molar-refractivity contribution in [1.29, 1.82) is 0 Å². The highest BCUT2D eigenvalue weighted by molar-refractivity contribution is 6.24. The first-order valence-corrected chi connectivity index (χ1v) is 17.1. The molecule has 0 fully saturated rings. The number of rotatable bonds is 6. The van der Waals surface area contributed by atoms with Crippen LogP contribution in [0.4, 0.5) is 0 Å². The fourth-order valence-corrected chi connectivity index (χ4v) is 7.10. The summed E-state index contributed by atoms with van der Waals surface area (Å²) in [6.45, 7) is 4.14. The average molecular weight is 644 g/mol. The Morgan fingerprint density at radius 3 is 2.08 bits per heavy atom. The molecule has 5 heteroatoms. The highest BCUT2D eigenvalue weighted by Gasteiger charge is 2.17. The monoisotopic (exact) mass is 643 g/mol. The zero-order valence-electron chi connectivity index (χ0n) is 27.9. The van der Waals surface area contributed by atoms with Crippen molar-refractivity contribution in [3.05, 3.63) is 158 Å². The van der Waals surface area contributed by atoms with Gasteiger partial charge in [-0.25, -0.2) is 19.9 Å². The van der Waals surface area contributed by atoms with Crippen LogP contribution in [0.1, 0.15) is 26.1 Å². The summed E-state index contributed by atoms with van der Waals surface area (Å²) in [5, 5.41) is 6.01. The van der Waals surface area contributed by atoms with Gasteiger partial charge in [-0.1, -0.05) is 128 Å². The molecule has 0 radical (unpaired) electrons. The standard InChI is InChI=1S/C45H33N5/c1-3-12-31(13-4-2)42-47-43(32-15-6-5-7-16-32)49-44(48-42)33-22-20-29(21-23-33)34-25-27-39-37(28-34)41-35-17-9-8-14-30(35)24-26-36(41)45-46-38-18-10-11-19-40(38)50(39)45/h3,5-28H,4H2,1-2H3/b12-3-,31-13+. The summed E-state index contributed by atoms with van der Waals surface area (Å²) < 4.78 is 2.31. The van der Waals surface area contributed by atoms with E-state index in [4.69, 9.17) is 19.9 Å². The molecule has 50 heavy (non-hydrogen) atoms. The van der Waals surface area contributed by atoms with Crippen LogP contribution in [0.5, 0.6) is 0 Å². The molecule has 9 aromatic rings. The van der Waals surface area contributed by atoms with E-state index < -0.39 is 0 Å². The van der Waals surface area contributed by atoms with Crippen molar-refractivity contribution in [2.45, 2.75) is 20.3 Å². The lowest BCUT2D eigenvalue weighted by atomic mass is 9.96. The van der Waals surface area contributed by atoms with Crippen molar-refractivity contribution in [1.82, 2.24) is 24.3 Å².